The highest BCUT2D eigenvalue weighted by Gasteiger charge is 2.13. The Bertz CT molecular complexity index is 291. The number of hydrogen-bond acceptors (Lipinski definition) is 2. The van der Waals surface area contributed by atoms with Crippen LogP contribution in [-0.2, 0) is 4.74 Å². The number of ether oxygens (including phenoxy) is 1. The van der Waals surface area contributed by atoms with Gasteiger partial charge in [0.1, 0.15) is 0 Å². The van der Waals surface area contributed by atoms with Crippen LogP contribution in [0.1, 0.15) is 118 Å². The predicted molar refractivity (Wildman–Crippen MR) is 111 cm³/mol. The topological polar surface area (TPSA) is 29.5 Å². The largest absolute Gasteiger partial charge is 0.391 e. The third-order valence-electron chi connectivity index (χ3n) is 4.51. The van der Waals surface area contributed by atoms with E-state index in [0.717, 1.165) is 12.8 Å². The molecule has 0 aromatic carbocycles. The molecule has 2 heteroatoms. The number of hydrogen-bond donors (Lipinski definition) is 1. The summed E-state index contributed by atoms with van der Waals surface area (Å²) in [5, 5.41) is 9.88. The minimum Gasteiger partial charge on any atom is -0.391 e. The molecule has 1 atom stereocenters. The van der Waals surface area contributed by atoms with Gasteiger partial charge in [-0.2, -0.15) is 0 Å². The molecule has 1 unspecified atom stereocenters. The van der Waals surface area contributed by atoms with Crippen molar-refractivity contribution in [2.75, 3.05) is 6.61 Å². The van der Waals surface area contributed by atoms with Crippen LogP contribution in [0.25, 0.3) is 0 Å². The first-order valence-electron chi connectivity index (χ1n) is 10.9. The van der Waals surface area contributed by atoms with Crippen molar-refractivity contribution >= 4 is 0 Å². The van der Waals surface area contributed by atoms with Crippen molar-refractivity contribution in [1.82, 2.24) is 0 Å². The number of unbranched alkanes of at least 4 members (excludes halogenated alkanes) is 11. The zero-order valence-electron chi connectivity index (χ0n) is 17.7. The Hall–Kier alpha value is -0.340. The van der Waals surface area contributed by atoms with E-state index in [0.29, 0.717) is 6.61 Å². The van der Waals surface area contributed by atoms with E-state index in [1.165, 1.54) is 77.0 Å². The molecule has 0 aromatic heterocycles. The number of aliphatic hydroxyl groups excluding tert-OH is 1. The third-order valence-corrected chi connectivity index (χ3v) is 4.51. The van der Waals surface area contributed by atoms with Crippen LogP contribution in [-0.4, -0.2) is 23.4 Å². The number of allylic oxidation sites excluding steroid dienone is 2. The van der Waals surface area contributed by atoms with Gasteiger partial charge in [0.15, 0.2) is 0 Å². The molecule has 0 aliphatic rings. The van der Waals surface area contributed by atoms with Gasteiger partial charge < -0.3 is 9.84 Å². The van der Waals surface area contributed by atoms with Gasteiger partial charge in [0.05, 0.1) is 18.3 Å². The van der Waals surface area contributed by atoms with Gasteiger partial charge in [-0.1, -0.05) is 76.9 Å². The lowest BCUT2D eigenvalue weighted by Gasteiger charge is -2.21. The van der Waals surface area contributed by atoms with Crippen LogP contribution in [0.4, 0.5) is 0 Å². The maximum absolute atomic E-state index is 9.88. The van der Waals surface area contributed by atoms with Crippen LogP contribution in [0.5, 0.6) is 0 Å². The highest BCUT2D eigenvalue weighted by Crippen LogP contribution is 2.12. The molecule has 0 rings (SSSR count). The van der Waals surface area contributed by atoms with Gasteiger partial charge in [-0.15, -0.1) is 0 Å². The highest BCUT2D eigenvalue weighted by molar-refractivity contribution is 4.81. The summed E-state index contributed by atoms with van der Waals surface area (Å²) < 4.78 is 5.61. The molecule has 1 N–H and O–H groups in total. The lowest BCUT2D eigenvalue weighted by Crippen LogP contribution is -2.26. The SMILES string of the molecule is CCCCCCCCC=CCCCCCCCC(O)COC(C)(C)C. The molecular formula is C23H46O2. The van der Waals surface area contributed by atoms with E-state index in [-0.39, 0.29) is 11.7 Å². The summed E-state index contributed by atoms with van der Waals surface area (Å²) in [5.74, 6) is 0. The van der Waals surface area contributed by atoms with Crippen molar-refractivity contribution in [3.05, 3.63) is 12.2 Å². The van der Waals surface area contributed by atoms with Crippen LogP contribution >= 0.6 is 0 Å². The Morgan fingerprint density at radius 1 is 0.760 bits per heavy atom. The van der Waals surface area contributed by atoms with E-state index >= 15 is 0 Å². The lowest BCUT2D eigenvalue weighted by molar-refractivity contribution is -0.0509. The van der Waals surface area contributed by atoms with Crippen LogP contribution < -0.4 is 0 Å². The fraction of sp³-hybridized carbons (Fsp3) is 0.913. The van der Waals surface area contributed by atoms with Gasteiger partial charge in [-0.25, -0.2) is 0 Å². The summed E-state index contributed by atoms with van der Waals surface area (Å²) in [5.41, 5.74) is -0.149. The average molecular weight is 355 g/mol. The second kappa shape index (κ2) is 17.1. The molecular weight excluding hydrogens is 308 g/mol. The molecule has 0 saturated carbocycles. The quantitative estimate of drug-likeness (QED) is 0.221. The number of aliphatic hydroxyl groups is 1. The van der Waals surface area contributed by atoms with Crippen LogP contribution in [0.2, 0.25) is 0 Å². The van der Waals surface area contributed by atoms with Gasteiger partial charge in [0.2, 0.25) is 0 Å². The molecule has 0 saturated heterocycles. The monoisotopic (exact) mass is 354 g/mol. The van der Waals surface area contributed by atoms with E-state index in [1.54, 1.807) is 0 Å². The molecule has 0 heterocycles. The molecule has 25 heavy (non-hydrogen) atoms. The highest BCUT2D eigenvalue weighted by atomic mass is 16.5. The van der Waals surface area contributed by atoms with Gasteiger partial charge in [0, 0.05) is 0 Å². The van der Waals surface area contributed by atoms with Crippen molar-refractivity contribution in [2.24, 2.45) is 0 Å². The number of rotatable bonds is 17. The molecule has 0 amide bonds. The van der Waals surface area contributed by atoms with Crippen molar-refractivity contribution in [3.8, 4) is 0 Å². The van der Waals surface area contributed by atoms with Crippen LogP contribution in [0, 0.1) is 0 Å². The van der Waals surface area contributed by atoms with E-state index in [1.807, 2.05) is 20.8 Å². The first-order chi connectivity index (χ1) is 12.0. The molecule has 0 bridgehead atoms. The summed E-state index contributed by atoms with van der Waals surface area (Å²) in [4.78, 5) is 0. The van der Waals surface area contributed by atoms with Crippen molar-refractivity contribution < 1.29 is 9.84 Å². The maximum Gasteiger partial charge on any atom is 0.0774 e. The smallest absolute Gasteiger partial charge is 0.0774 e. The second-order valence-corrected chi connectivity index (χ2v) is 8.45. The van der Waals surface area contributed by atoms with Crippen molar-refractivity contribution in [2.45, 2.75) is 129 Å². The van der Waals surface area contributed by atoms with E-state index in [2.05, 4.69) is 19.1 Å². The fourth-order valence-electron chi connectivity index (χ4n) is 2.88. The van der Waals surface area contributed by atoms with Gasteiger partial charge in [0.25, 0.3) is 0 Å². The molecule has 150 valence electrons. The van der Waals surface area contributed by atoms with Crippen molar-refractivity contribution in [1.29, 1.82) is 0 Å². The normalized spacial score (nSPS) is 13.6. The zero-order valence-corrected chi connectivity index (χ0v) is 17.7. The second-order valence-electron chi connectivity index (χ2n) is 8.45. The Balaban J connectivity index is 3.24. The molecule has 0 spiro atoms. The van der Waals surface area contributed by atoms with E-state index in [9.17, 15) is 5.11 Å². The first kappa shape index (κ1) is 24.7. The average Bonchev–Trinajstić information content (AvgIpc) is 2.56. The summed E-state index contributed by atoms with van der Waals surface area (Å²) in [6, 6.07) is 0. The molecule has 0 aliphatic heterocycles. The summed E-state index contributed by atoms with van der Waals surface area (Å²) in [6.45, 7) is 8.83. The molecule has 0 aliphatic carbocycles. The Kier molecular flexibility index (Phi) is 16.9. The Morgan fingerprint density at radius 2 is 1.24 bits per heavy atom. The van der Waals surface area contributed by atoms with Crippen LogP contribution in [0.3, 0.4) is 0 Å². The fourth-order valence-corrected chi connectivity index (χ4v) is 2.88. The standard InChI is InChI=1S/C23H46O2/c1-5-6-7-8-9-10-11-12-13-14-15-16-17-18-19-20-22(24)21-25-23(2,3)4/h12-13,22,24H,5-11,14-21H2,1-4H3. The lowest BCUT2D eigenvalue weighted by atomic mass is 10.1. The Morgan fingerprint density at radius 3 is 1.76 bits per heavy atom. The minimum absolute atomic E-state index is 0.149. The molecule has 0 radical (unpaired) electrons. The summed E-state index contributed by atoms with van der Waals surface area (Å²) in [7, 11) is 0. The van der Waals surface area contributed by atoms with Crippen LogP contribution in [0.15, 0.2) is 12.2 Å². The maximum atomic E-state index is 9.88. The van der Waals surface area contributed by atoms with Crippen molar-refractivity contribution in [3.63, 3.8) is 0 Å². The predicted octanol–water partition coefficient (Wildman–Crippen LogP) is 7.20. The third kappa shape index (κ3) is 21.6. The van der Waals surface area contributed by atoms with E-state index < -0.39 is 0 Å². The van der Waals surface area contributed by atoms with Gasteiger partial charge >= 0.3 is 0 Å². The van der Waals surface area contributed by atoms with E-state index in [4.69, 9.17) is 4.74 Å². The molecule has 2 nitrogen and oxygen atoms in total. The Labute approximate surface area is 158 Å². The molecule has 0 fully saturated rings. The van der Waals surface area contributed by atoms with Gasteiger partial charge in [-0.3, -0.25) is 0 Å². The first-order valence-corrected chi connectivity index (χ1v) is 10.9. The summed E-state index contributed by atoms with van der Waals surface area (Å²) in [6.07, 6.45) is 22.4. The minimum atomic E-state index is -0.302. The molecule has 0 aromatic rings. The zero-order chi connectivity index (χ0) is 18.8. The van der Waals surface area contributed by atoms with Gasteiger partial charge in [-0.05, 0) is 52.9 Å². The summed E-state index contributed by atoms with van der Waals surface area (Å²) >= 11 is 0.